The van der Waals surface area contributed by atoms with Gasteiger partial charge in [-0.15, -0.1) is 0 Å². The molecule has 0 bridgehead atoms. The second kappa shape index (κ2) is 5.40. The Kier molecular flexibility index (Phi) is 3.87. The van der Waals surface area contributed by atoms with Gasteiger partial charge in [0.2, 0.25) is 0 Å². The number of benzene rings is 1. The largest absolute Gasteiger partial charge is 0.508 e. The van der Waals surface area contributed by atoms with Gasteiger partial charge in [0.15, 0.2) is 0 Å². The van der Waals surface area contributed by atoms with Crippen molar-refractivity contribution in [2.45, 2.75) is 26.3 Å². The van der Waals surface area contributed by atoms with Gasteiger partial charge in [0.25, 0.3) is 5.91 Å². The number of aromatic hydroxyl groups is 1. The van der Waals surface area contributed by atoms with Crippen LogP contribution in [0.2, 0.25) is 0 Å². The Hall–Kier alpha value is -1.55. The lowest BCUT2D eigenvalue weighted by atomic mass is 10.00. The van der Waals surface area contributed by atoms with Crippen LogP contribution in [0.3, 0.4) is 0 Å². The van der Waals surface area contributed by atoms with Crippen molar-refractivity contribution in [2.24, 2.45) is 5.92 Å². The van der Waals surface area contributed by atoms with Crippen molar-refractivity contribution in [1.82, 2.24) is 10.6 Å². The van der Waals surface area contributed by atoms with Crippen molar-refractivity contribution in [3.05, 3.63) is 29.3 Å². The number of phenols is 1. The van der Waals surface area contributed by atoms with Crippen LogP contribution < -0.4 is 10.6 Å². The highest BCUT2D eigenvalue weighted by Crippen LogP contribution is 2.18. The van der Waals surface area contributed by atoms with Crippen LogP contribution in [-0.2, 0) is 0 Å². The van der Waals surface area contributed by atoms with Gasteiger partial charge in [-0.2, -0.15) is 0 Å². The highest BCUT2D eigenvalue weighted by Gasteiger charge is 2.22. The van der Waals surface area contributed by atoms with Gasteiger partial charge in [-0.25, -0.2) is 0 Å². The first-order chi connectivity index (χ1) is 8.58. The van der Waals surface area contributed by atoms with Gasteiger partial charge in [-0.05, 0) is 63.0 Å². The molecule has 18 heavy (non-hydrogen) atoms. The van der Waals surface area contributed by atoms with Gasteiger partial charge >= 0.3 is 0 Å². The van der Waals surface area contributed by atoms with E-state index in [0.29, 0.717) is 11.5 Å². The van der Waals surface area contributed by atoms with E-state index >= 15 is 0 Å². The summed E-state index contributed by atoms with van der Waals surface area (Å²) in [6.07, 6.45) is 1.11. The topological polar surface area (TPSA) is 61.4 Å². The summed E-state index contributed by atoms with van der Waals surface area (Å²) in [6.45, 7) is 5.83. The van der Waals surface area contributed by atoms with E-state index in [1.165, 1.54) is 0 Å². The highest BCUT2D eigenvalue weighted by atomic mass is 16.3. The molecule has 0 aliphatic carbocycles. The Labute approximate surface area is 107 Å². The van der Waals surface area contributed by atoms with Crippen LogP contribution in [0.15, 0.2) is 18.2 Å². The SMILES string of the molecule is Cc1cc(C(=O)NC(C)C2CCNC2)ccc1O. The summed E-state index contributed by atoms with van der Waals surface area (Å²) in [5.41, 5.74) is 1.32. The average Bonchev–Trinajstić information content (AvgIpc) is 2.86. The van der Waals surface area contributed by atoms with Gasteiger partial charge in [0, 0.05) is 11.6 Å². The van der Waals surface area contributed by atoms with E-state index in [1.54, 1.807) is 25.1 Å². The summed E-state index contributed by atoms with van der Waals surface area (Å²) in [7, 11) is 0. The molecule has 0 radical (unpaired) electrons. The van der Waals surface area contributed by atoms with Crippen molar-refractivity contribution in [2.75, 3.05) is 13.1 Å². The Morgan fingerprint density at radius 1 is 1.56 bits per heavy atom. The van der Waals surface area contributed by atoms with Crippen LogP contribution in [-0.4, -0.2) is 30.1 Å². The van der Waals surface area contributed by atoms with Crippen LogP contribution in [0.1, 0.15) is 29.3 Å². The first kappa shape index (κ1) is 12.9. The van der Waals surface area contributed by atoms with Crippen LogP contribution in [0.5, 0.6) is 5.75 Å². The molecule has 1 amide bonds. The van der Waals surface area contributed by atoms with E-state index in [1.807, 2.05) is 6.92 Å². The molecule has 1 heterocycles. The lowest BCUT2D eigenvalue weighted by Gasteiger charge is -2.20. The number of carbonyl (C=O) groups excluding carboxylic acids is 1. The maximum atomic E-state index is 12.1. The summed E-state index contributed by atoms with van der Waals surface area (Å²) >= 11 is 0. The van der Waals surface area contributed by atoms with Crippen LogP contribution in [0, 0.1) is 12.8 Å². The number of amides is 1. The summed E-state index contributed by atoms with van der Waals surface area (Å²) in [4.78, 5) is 12.1. The third-order valence-electron chi connectivity index (χ3n) is 3.62. The molecule has 1 aromatic rings. The Balaban J connectivity index is 2.00. The number of hydrogen-bond donors (Lipinski definition) is 3. The molecule has 0 aromatic heterocycles. The molecule has 3 N–H and O–H groups in total. The van der Waals surface area contributed by atoms with Crippen molar-refractivity contribution in [3.63, 3.8) is 0 Å². The zero-order chi connectivity index (χ0) is 13.1. The molecule has 1 aromatic carbocycles. The maximum Gasteiger partial charge on any atom is 0.251 e. The van der Waals surface area contributed by atoms with Gasteiger partial charge in [-0.3, -0.25) is 4.79 Å². The predicted molar refractivity (Wildman–Crippen MR) is 70.7 cm³/mol. The van der Waals surface area contributed by atoms with E-state index in [4.69, 9.17) is 0 Å². The zero-order valence-corrected chi connectivity index (χ0v) is 10.9. The van der Waals surface area contributed by atoms with Crippen LogP contribution >= 0.6 is 0 Å². The number of rotatable bonds is 3. The summed E-state index contributed by atoms with van der Waals surface area (Å²) in [6, 6.07) is 5.09. The van der Waals surface area contributed by atoms with Crippen molar-refractivity contribution in [1.29, 1.82) is 0 Å². The number of phenolic OH excluding ortho intramolecular Hbond substituents is 1. The Morgan fingerprint density at radius 3 is 2.94 bits per heavy atom. The van der Waals surface area contributed by atoms with Crippen molar-refractivity contribution < 1.29 is 9.90 Å². The molecule has 2 atom stereocenters. The third kappa shape index (κ3) is 2.82. The molecular formula is C14H20N2O2. The number of nitrogens with one attached hydrogen (secondary N) is 2. The van der Waals surface area contributed by atoms with E-state index in [2.05, 4.69) is 10.6 Å². The molecule has 1 saturated heterocycles. The fourth-order valence-corrected chi connectivity index (χ4v) is 2.31. The molecule has 4 nitrogen and oxygen atoms in total. The summed E-state index contributed by atoms with van der Waals surface area (Å²) < 4.78 is 0. The van der Waals surface area contributed by atoms with Crippen LogP contribution in [0.25, 0.3) is 0 Å². The first-order valence-corrected chi connectivity index (χ1v) is 6.39. The summed E-state index contributed by atoms with van der Waals surface area (Å²) in [5, 5.41) is 15.8. The fourth-order valence-electron chi connectivity index (χ4n) is 2.31. The molecule has 2 rings (SSSR count). The molecule has 2 unspecified atom stereocenters. The van der Waals surface area contributed by atoms with E-state index < -0.39 is 0 Å². The van der Waals surface area contributed by atoms with E-state index in [9.17, 15) is 9.90 Å². The lowest BCUT2D eigenvalue weighted by molar-refractivity contribution is 0.0928. The second-order valence-electron chi connectivity index (χ2n) is 5.02. The second-order valence-corrected chi connectivity index (χ2v) is 5.02. The standard InChI is InChI=1S/C14H20N2O2/c1-9-7-11(3-4-13(9)17)14(18)16-10(2)12-5-6-15-8-12/h3-4,7,10,12,15,17H,5-6,8H2,1-2H3,(H,16,18). The smallest absolute Gasteiger partial charge is 0.251 e. The third-order valence-corrected chi connectivity index (χ3v) is 3.62. The predicted octanol–water partition coefficient (Wildman–Crippen LogP) is 1.43. The number of hydrogen-bond acceptors (Lipinski definition) is 3. The zero-order valence-electron chi connectivity index (χ0n) is 10.9. The molecule has 0 saturated carbocycles. The normalized spacial score (nSPS) is 20.7. The summed E-state index contributed by atoms with van der Waals surface area (Å²) in [5.74, 6) is 0.657. The van der Waals surface area contributed by atoms with Gasteiger partial charge < -0.3 is 15.7 Å². The minimum absolute atomic E-state index is 0.0718. The van der Waals surface area contributed by atoms with Crippen molar-refractivity contribution in [3.8, 4) is 5.75 Å². The van der Waals surface area contributed by atoms with Gasteiger partial charge in [0.1, 0.15) is 5.75 Å². The van der Waals surface area contributed by atoms with Gasteiger partial charge in [0.05, 0.1) is 0 Å². The number of carbonyl (C=O) groups is 1. The first-order valence-electron chi connectivity index (χ1n) is 6.39. The number of aryl methyl sites for hydroxylation is 1. The molecular weight excluding hydrogens is 228 g/mol. The Morgan fingerprint density at radius 2 is 2.33 bits per heavy atom. The lowest BCUT2D eigenvalue weighted by Crippen LogP contribution is -2.38. The average molecular weight is 248 g/mol. The van der Waals surface area contributed by atoms with E-state index in [-0.39, 0.29) is 17.7 Å². The fraction of sp³-hybridized carbons (Fsp3) is 0.500. The Bertz CT molecular complexity index is 439. The van der Waals surface area contributed by atoms with Crippen LogP contribution in [0.4, 0.5) is 0 Å². The molecule has 1 aliphatic rings. The maximum absolute atomic E-state index is 12.1. The molecule has 1 aliphatic heterocycles. The van der Waals surface area contributed by atoms with E-state index in [0.717, 1.165) is 25.1 Å². The minimum Gasteiger partial charge on any atom is -0.508 e. The molecule has 98 valence electrons. The van der Waals surface area contributed by atoms with Gasteiger partial charge in [-0.1, -0.05) is 0 Å². The molecule has 1 fully saturated rings. The molecule has 0 spiro atoms. The quantitative estimate of drug-likeness (QED) is 0.758. The highest BCUT2D eigenvalue weighted by molar-refractivity contribution is 5.94. The van der Waals surface area contributed by atoms with Crippen molar-refractivity contribution >= 4 is 5.91 Å². The molecule has 4 heteroatoms. The minimum atomic E-state index is -0.0718. The monoisotopic (exact) mass is 248 g/mol.